The van der Waals surface area contributed by atoms with E-state index in [0.29, 0.717) is 16.6 Å². The van der Waals surface area contributed by atoms with Crippen LogP contribution in [0.5, 0.6) is 0 Å². The summed E-state index contributed by atoms with van der Waals surface area (Å²) in [5.74, 6) is 0. The van der Waals surface area contributed by atoms with Gasteiger partial charge in [0.2, 0.25) is 0 Å². The number of nitrogens with zero attached hydrogens (tertiary/aromatic N) is 1. The average molecular weight is 333 g/mol. The Morgan fingerprint density at radius 2 is 1.82 bits per heavy atom. The van der Waals surface area contributed by atoms with E-state index >= 15 is 0 Å². The van der Waals surface area contributed by atoms with Crippen LogP contribution < -0.4 is 0 Å². The third-order valence-corrected chi connectivity index (χ3v) is 4.48. The first kappa shape index (κ1) is 15.1. The molecule has 0 atom stereocenters. The molecule has 0 saturated heterocycles. The van der Waals surface area contributed by atoms with E-state index in [1.165, 1.54) is 6.21 Å². The molecule has 5 heteroatoms. The van der Waals surface area contributed by atoms with Crippen LogP contribution in [0.15, 0.2) is 42.6 Å². The number of benzene rings is 2. The van der Waals surface area contributed by atoms with E-state index in [9.17, 15) is 5.11 Å². The Kier molecular flexibility index (Phi) is 4.21. The van der Waals surface area contributed by atoms with Crippen molar-refractivity contribution in [2.24, 2.45) is 0 Å². The minimum absolute atomic E-state index is 0.0861. The normalized spacial score (nSPS) is 11.0. The van der Waals surface area contributed by atoms with Crippen molar-refractivity contribution < 1.29 is 5.11 Å². The van der Waals surface area contributed by atoms with Crippen molar-refractivity contribution in [3.8, 4) is 0 Å². The molecule has 0 radical (unpaired) electrons. The Balaban J connectivity index is 2.07. The first-order chi connectivity index (χ1) is 10.6. The lowest BCUT2D eigenvalue weighted by Crippen LogP contribution is -2.02. The van der Waals surface area contributed by atoms with Crippen LogP contribution in [0.1, 0.15) is 16.7 Å². The molecule has 0 saturated carbocycles. The van der Waals surface area contributed by atoms with Crippen LogP contribution in [-0.4, -0.2) is 15.9 Å². The maximum absolute atomic E-state index is 9.52. The van der Waals surface area contributed by atoms with Gasteiger partial charge in [0.25, 0.3) is 0 Å². The zero-order valence-electron chi connectivity index (χ0n) is 11.7. The van der Waals surface area contributed by atoms with E-state index in [-0.39, 0.29) is 6.61 Å². The second-order valence-corrected chi connectivity index (χ2v) is 5.88. The topological polar surface area (TPSA) is 49.0 Å². The zero-order valence-corrected chi connectivity index (χ0v) is 13.2. The minimum atomic E-state index is -0.0861. The Hall–Kier alpha value is -1.81. The molecule has 3 aromatic rings. The van der Waals surface area contributed by atoms with Crippen LogP contribution in [-0.2, 0) is 13.2 Å². The molecule has 3 rings (SSSR count). The fourth-order valence-corrected chi connectivity index (χ4v) is 2.99. The fourth-order valence-electron chi connectivity index (χ4n) is 2.62. The number of hydrogen-bond acceptors (Lipinski definition) is 2. The third kappa shape index (κ3) is 2.63. The lowest BCUT2D eigenvalue weighted by atomic mass is 10.1. The first-order valence-corrected chi connectivity index (χ1v) is 7.55. The highest BCUT2D eigenvalue weighted by molar-refractivity contribution is 6.42. The first-order valence-electron chi connectivity index (χ1n) is 6.80. The molecule has 22 heavy (non-hydrogen) atoms. The molecule has 0 aliphatic carbocycles. The zero-order chi connectivity index (χ0) is 15.7. The lowest BCUT2D eigenvalue weighted by molar-refractivity contribution is 0.280. The van der Waals surface area contributed by atoms with Gasteiger partial charge in [-0.1, -0.05) is 35.3 Å². The molecule has 1 heterocycles. The van der Waals surface area contributed by atoms with E-state index < -0.39 is 0 Å². The second kappa shape index (κ2) is 6.13. The second-order valence-electron chi connectivity index (χ2n) is 5.06. The fraction of sp³-hybridized carbons (Fsp3) is 0.118. The summed E-state index contributed by atoms with van der Waals surface area (Å²) >= 11 is 12.1. The van der Waals surface area contributed by atoms with E-state index in [4.69, 9.17) is 28.6 Å². The summed E-state index contributed by atoms with van der Waals surface area (Å²) in [5.41, 5.74) is 3.61. The maximum Gasteiger partial charge on any atom is 0.0685 e. The van der Waals surface area contributed by atoms with Crippen molar-refractivity contribution in [1.82, 2.24) is 4.57 Å². The number of aliphatic hydroxyl groups is 1. The number of halogens is 2. The molecule has 0 fully saturated rings. The molecule has 0 bridgehead atoms. The van der Waals surface area contributed by atoms with E-state index in [0.717, 1.165) is 27.6 Å². The Morgan fingerprint density at radius 1 is 1.09 bits per heavy atom. The van der Waals surface area contributed by atoms with Gasteiger partial charge in [0.15, 0.2) is 0 Å². The highest BCUT2D eigenvalue weighted by atomic mass is 35.5. The summed E-state index contributed by atoms with van der Waals surface area (Å²) in [6.45, 7) is 0.495. The Morgan fingerprint density at radius 3 is 2.50 bits per heavy atom. The number of fused-ring (bicyclic) bond motifs is 1. The summed E-state index contributed by atoms with van der Waals surface area (Å²) in [7, 11) is 0. The molecule has 0 aliphatic rings. The van der Waals surface area contributed by atoms with Gasteiger partial charge >= 0.3 is 0 Å². The molecule has 0 spiro atoms. The number of aliphatic hydroxyl groups excluding tert-OH is 1. The van der Waals surface area contributed by atoms with Gasteiger partial charge in [0.05, 0.1) is 16.7 Å². The van der Waals surface area contributed by atoms with Crippen LogP contribution in [0, 0.1) is 5.41 Å². The summed E-state index contributed by atoms with van der Waals surface area (Å²) in [6.07, 6.45) is 3.33. The molecule has 0 unspecified atom stereocenters. The number of rotatable bonds is 4. The van der Waals surface area contributed by atoms with Crippen molar-refractivity contribution >= 4 is 40.3 Å². The van der Waals surface area contributed by atoms with Gasteiger partial charge in [-0.05, 0) is 35.4 Å². The molecule has 1 aromatic heterocycles. The number of hydrogen-bond donors (Lipinski definition) is 2. The van der Waals surface area contributed by atoms with Gasteiger partial charge in [0, 0.05) is 35.4 Å². The highest BCUT2D eigenvalue weighted by Gasteiger charge is 2.10. The molecule has 112 valence electrons. The number of nitrogens with one attached hydrogen (secondary N) is 1. The summed E-state index contributed by atoms with van der Waals surface area (Å²) in [4.78, 5) is 0. The van der Waals surface area contributed by atoms with Crippen molar-refractivity contribution in [3.63, 3.8) is 0 Å². The molecule has 2 N–H and O–H groups in total. The molecular weight excluding hydrogens is 319 g/mol. The monoisotopic (exact) mass is 332 g/mol. The van der Waals surface area contributed by atoms with Crippen molar-refractivity contribution in [2.45, 2.75) is 13.2 Å². The van der Waals surface area contributed by atoms with Crippen LogP contribution in [0.4, 0.5) is 0 Å². The van der Waals surface area contributed by atoms with E-state index in [2.05, 4.69) is 4.57 Å². The van der Waals surface area contributed by atoms with E-state index in [1.54, 1.807) is 12.1 Å². The van der Waals surface area contributed by atoms with Crippen LogP contribution in [0.3, 0.4) is 0 Å². The third-order valence-electron chi connectivity index (χ3n) is 3.76. The Bertz CT molecular complexity index is 855. The van der Waals surface area contributed by atoms with Crippen LogP contribution >= 0.6 is 23.2 Å². The molecule has 2 aromatic carbocycles. The minimum Gasteiger partial charge on any atom is -0.392 e. The van der Waals surface area contributed by atoms with Crippen LogP contribution in [0.2, 0.25) is 10.0 Å². The summed E-state index contributed by atoms with van der Waals surface area (Å²) < 4.78 is 2.07. The highest BCUT2D eigenvalue weighted by Crippen LogP contribution is 2.28. The van der Waals surface area contributed by atoms with Gasteiger partial charge in [-0.25, -0.2) is 0 Å². The van der Waals surface area contributed by atoms with Crippen molar-refractivity contribution in [1.29, 1.82) is 5.41 Å². The van der Waals surface area contributed by atoms with Crippen LogP contribution in [0.25, 0.3) is 10.9 Å². The maximum atomic E-state index is 9.52. The van der Waals surface area contributed by atoms with Gasteiger partial charge in [-0.2, -0.15) is 0 Å². The lowest BCUT2D eigenvalue weighted by Gasteiger charge is -2.12. The molecule has 3 nitrogen and oxygen atoms in total. The van der Waals surface area contributed by atoms with Crippen molar-refractivity contribution in [3.05, 3.63) is 69.3 Å². The van der Waals surface area contributed by atoms with Gasteiger partial charge in [-0.15, -0.1) is 0 Å². The standard InChI is InChI=1S/C17H14Cl2N2O/c18-15-6-12(13(10-22)7-16(15)19)9-21-5-4-14-11(8-20)2-1-3-17(14)21/h1-8,20,22H,9-10H2. The van der Waals surface area contributed by atoms with Gasteiger partial charge in [0.1, 0.15) is 0 Å². The quantitative estimate of drug-likeness (QED) is 0.679. The largest absolute Gasteiger partial charge is 0.392 e. The molecule has 0 amide bonds. The SMILES string of the molecule is N=Cc1cccc2c1ccn2Cc1cc(Cl)c(Cl)cc1CO. The van der Waals surface area contributed by atoms with Gasteiger partial charge in [-0.3, -0.25) is 0 Å². The summed E-state index contributed by atoms with van der Waals surface area (Å²) in [6, 6.07) is 11.3. The van der Waals surface area contributed by atoms with Gasteiger partial charge < -0.3 is 15.1 Å². The molecule has 0 aliphatic heterocycles. The summed E-state index contributed by atoms with van der Waals surface area (Å²) in [5, 5.41) is 18.9. The average Bonchev–Trinajstić information content (AvgIpc) is 2.93. The smallest absolute Gasteiger partial charge is 0.0685 e. The van der Waals surface area contributed by atoms with E-state index in [1.807, 2.05) is 30.5 Å². The predicted octanol–water partition coefficient (Wildman–Crippen LogP) is 4.49. The number of aromatic nitrogens is 1. The molecular formula is C17H14Cl2N2O. The Labute approximate surface area is 138 Å². The predicted molar refractivity (Wildman–Crippen MR) is 91.3 cm³/mol. The van der Waals surface area contributed by atoms with Crippen molar-refractivity contribution in [2.75, 3.05) is 0 Å².